The molecule has 7 heteroatoms. The van der Waals surface area contributed by atoms with Crippen LogP contribution in [0.5, 0.6) is 0 Å². The lowest BCUT2D eigenvalue weighted by molar-refractivity contribution is -0.131. The summed E-state index contributed by atoms with van der Waals surface area (Å²) in [5.74, 6) is -1.15. The van der Waals surface area contributed by atoms with Gasteiger partial charge in [-0.15, -0.1) is 23.7 Å². The van der Waals surface area contributed by atoms with Crippen LogP contribution in [0, 0.1) is 0 Å². The van der Waals surface area contributed by atoms with Crippen molar-refractivity contribution in [2.45, 2.75) is 0 Å². The van der Waals surface area contributed by atoms with Crippen molar-refractivity contribution in [1.29, 1.82) is 0 Å². The van der Waals surface area contributed by atoms with Crippen LogP contribution >= 0.6 is 23.7 Å². The molecule has 140 valence electrons. The number of carbonyl (C=O) groups is 2. The van der Waals surface area contributed by atoms with Gasteiger partial charge in [0.15, 0.2) is 0 Å². The van der Waals surface area contributed by atoms with Gasteiger partial charge >= 0.3 is 5.97 Å². The molecule has 0 saturated heterocycles. The Morgan fingerprint density at radius 3 is 2.41 bits per heavy atom. The lowest BCUT2D eigenvalue weighted by Gasteiger charge is -2.12. The number of halogens is 1. The molecular weight excluding hydrogens is 384 g/mol. The van der Waals surface area contributed by atoms with E-state index in [1.807, 2.05) is 55.4 Å². The fourth-order valence-electron chi connectivity index (χ4n) is 2.49. The molecule has 0 unspecified atom stereocenters. The molecule has 1 amide bonds. The van der Waals surface area contributed by atoms with E-state index in [2.05, 4.69) is 5.32 Å². The third kappa shape index (κ3) is 5.09. The van der Waals surface area contributed by atoms with Gasteiger partial charge in [0.25, 0.3) is 5.91 Å². The SMILES string of the molecule is CN(C)c1ccc(C(=O)Nc2ccc3sc(/C=C/C(=O)O)cc3c2)cc1.Cl. The van der Waals surface area contributed by atoms with E-state index >= 15 is 0 Å². The number of fused-ring (bicyclic) bond motifs is 1. The number of aliphatic carboxylic acids is 1. The predicted molar refractivity (Wildman–Crippen MR) is 114 cm³/mol. The molecule has 0 saturated carbocycles. The first-order valence-corrected chi connectivity index (χ1v) is 8.77. The molecule has 0 fully saturated rings. The second-order valence-corrected chi connectivity index (χ2v) is 7.08. The van der Waals surface area contributed by atoms with Crippen LogP contribution in [-0.2, 0) is 4.79 Å². The molecular formula is C20H19ClN2O3S. The first-order chi connectivity index (χ1) is 12.4. The van der Waals surface area contributed by atoms with E-state index in [-0.39, 0.29) is 18.3 Å². The smallest absolute Gasteiger partial charge is 0.328 e. The Labute approximate surface area is 167 Å². The fourth-order valence-corrected chi connectivity index (χ4v) is 3.44. The molecule has 1 heterocycles. The Kier molecular flexibility index (Phi) is 6.60. The van der Waals surface area contributed by atoms with Crippen molar-refractivity contribution in [1.82, 2.24) is 0 Å². The second-order valence-electron chi connectivity index (χ2n) is 5.97. The number of carboxylic acids is 1. The Morgan fingerprint density at radius 2 is 1.78 bits per heavy atom. The number of anilines is 2. The van der Waals surface area contributed by atoms with Gasteiger partial charge in [-0.2, -0.15) is 0 Å². The lowest BCUT2D eigenvalue weighted by Crippen LogP contribution is -2.13. The van der Waals surface area contributed by atoms with Gasteiger partial charge in [-0.25, -0.2) is 4.79 Å². The van der Waals surface area contributed by atoms with Crippen LogP contribution in [0.2, 0.25) is 0 Å². The van der Waals surface area contributed by atoms with Gasteiger partial charge in [0.1, 0.15) is 0 Å². The minimum Gasteiger partial charge on any atom is -0.478 e. The lowest BCUT2D eigenvalue weighted by atomic mass is 10.1. The molecule has 2 N–H and O–H groups in total. The van der Waals surface area contributed by atoms with Gasteiger partial charge in [-0.3, -0.25) is 4.79 Å². The molecule has 3 rings (SSSR count). The highest BCUT2D eigenvalue weighted by molar-refractivity contribution is 7.19. The molecule has 3 aromatic rings. The van der Waals surface area contributed by atoms with Crippen molar-refractivity contribution in [2.75, 3.05) is 24.3 Å². The quantitative estimate of drug-likeness (QED) is 0.605. The van der Waals surface area contributed by atoms with Crippen molar-refractivity contribution in [3.8, 4) is 0 Å². The summed E-state index contributed by atoms with van der Waals surface area (Å²) >= 11 is 1.50. The minimum atomic E-state index is -0.976. The van der Waals surface area contributed by atoms with E-state index < -0.39 is 5.97 Å². The van der Waals surface area contributed by atoms with Gasteiger partial charge in [-0.05, 0) is 60.0 Å². The van der Waals surface area contributed by atoms with E-state index in [1.54, 1.807) is 18.2 Å². The number of hydrogen-bond acceptors (Lipinski definition) is 4. The Morgan fingerprint density at radius 1 is 1.07 bits per heavy atom. The number of rotatable bonds is 5. The number of carbonyl (C=O) groups excluding carboxylic acids is 1. The number of benzene rings is 2. The monoisotopic (exact) mass is 402 g/mol. The van der Waals surface area contributed by atoms with E-state index in [4.69, 9.17) is 5.11 Å². The van der Waals surface area contributed by atoms with Crippen LogP contribution in [0.3, 0.4) is 0 Å². The highest BCUT2D eigenvalue weighted by atomic mass is 35.5. The standard InChI is InChI=1S/C20H18N2O3S.ClH/c1-22(2)16-6-3-13(4-7-16)20(25)21-15-5-9-18-14(11-15)12-17(26-18)8-10-19(23)24;/h3-12H,1-2H3,(H,21,25)(H,23,24);1H/b10-8+;. The number of nitrogens with zero attached hydrogens (tertiary/aromatic N) is 1. The summed E-state index contributed by atoms with van der Waals surface area (Å²) in [5.41, 5.74) is 2.32. The molecule has 27 heavy (non-hydrogen) atoms. The zero-order chi connectivity index (χ0) is 18.7. The van der Waals surface area contributed by atoms with Crippen molar-refractivity contribution in [2.24, 2.45) is 0 Å². The topological polar surface area (TPSA) is 69.6 Å². The molecule has 5 nitrogen and oxygen atoms in total. The molecule has 1 aromatic heterocycles. The van der Waals surface area contributed by atoms with E-state index in [9.17, 15) is 9.59 Å². The van der Waals surface area contributed by atoms with Gasteiger partial charge in [-0.1, -0.05) is 0 Å². The van der Waals surface area contributed by atoms with Crippen LogP contribution < -0.4 is 10.2 Å². The highest BCUT2D eigenvalue weighted by Gasteiger charge is 2.08. The number of thiophene rings is 1. The molecule has 0 aliphatic heterocycles. The van der Waals surface area contributed by atoms with Crippen molar-refractivity contribution < 1.29 is 14.7 Å². The van der Waals surface area contributed by atoms with Gasteiger partial charge < -0.3 is 15.3 Å². The maximum absolute atomic E-state index is 12.4. The summed E-state index contributed by atoms with van der Waals surface area (Å²) in [7, 11) is 3.90. The largest absolute Gasteiger partial charge is 0.478 e. The summed E-state index contributed by atoms with van der Waals surface area (Å²) in [4.78, 5) is 25.9. The molecule has 2 aromatic carbocycles. The fraction of sp³-hybridized carbons (Fsp3) is 0.100. The van der Waals surface area contributed by atoms with Gasteiger partial charge in [0.2, 0.25) is 0 Å². The molecule has 0 aliphatic rings. The predicted octanol–water partition coefficient (Wildman–Crippen LogP) is 4.74. The Balaban J connectivity index is 0.00000261. The van der Waals surface area contributed by atoms with Gasteiger partial charge in [0, 0.05) is 46.7 Å². The van der Waals surface area contributed by atoms with Crippen molar-refractivity contribution in [3.63, 3.8) is 0 Å². The maximum atomic E-state index is 12.4. The van der Waals surface area contributed by atoms with Crippen LogP contribution in [0.4, 0.5) is 11.4 Å². The summed E-state index contributed by atoms with van der Waals surface area (Å²) in [6.45, 7) is 0. The van der Waals surface area contributed by atoms with Crippen molar-refractivity contribution in [3.05, 3.63) is 65.0 Å². The summed E-state index contributed by atoms with van der Waals surface area (Å²) < 4.78 is 1.03. The van der Waals surface area contributed by atoms with Crippen LogP contribution in [0.1, 0.15) is 15.2 Å². The van der Waals surface area contributed by atoms with Crippen LogP contribution in [0.25, 0.3) is 16.2 Å². The third-order valence-corrected chi connectivity index (χ3v) is 4.91. The van der Waals surface area contributed by atoms with Gasteiger partial charge in [0.05, 0.1) is 0 Å². The highest BCUT2D eigenvalue weighted by Crippen LogP contribution is 2.29. The zero-order valence-corrected chi connectivity index (χ0v) is 16.4. The van der Waals surface area contributed by atoms with Crippen LogP contribution in [0.15, 0.2) is 54.6 Å². The summed E-state index contributed by atoms with van der Waals surface area (Å²) in [6, 6.07) is 14.9. The third-order valence-electron chi connectivity index (χ3n) is 3.83. The number of hydrogen-bond donors (Lipinski definition) is 2. The molecule has 0 bridgehead atoms. The molecule has 0 spiro atoms. The average Bonchev–Trinajstić information content (AvgIpc) is 3.02. The Bertz CT molecular complexity index is 994. The molecule has 0 atom stereocenters. The number of amides is 1. The summed E-state index contributed by atoms with van der Waals surface area (Å²) in [5, 5.41) is 12.6. The first-order valence-electron chi connectivity index (χ1n) is 7.96. The van der Waals surface area contributed by atoms with E-state index in [0.29, 0.717) is 11.3 Å². The second kappa shape index (κ2) is 8.70. The first kappa shape index (κ1) is 20.5. The normalized spacial score (nSPS) is 10.6. The van der Waals surface area contributed by atoms with E-state index in [0.717, 1.165) is 26.7 Å². The van der Waals surface area contributed by atoms with Crippen molar-refractivity contribution >= 4 is 63.2 Å². The van der Waals surface area contributed by atoms with Crippen LogP contribution in [-0.4, -0.2) is 31.1 Å². The average molecular weight is 403 g/mol. The molecule has 0 aliphatic carbocycles. The minimum absolute atomic E-state index is 0. The zero-order valence-electron chi connectivity index (χ0n) is 14.8. The van der Waals surface area contributed by atoms with E-state index in [1.165, 1.54) is 11.3 Å². The maximum Gasteiger partial charge on any atom is 0.328 e. The number of carboxylic acid groups (broad SMARTS) is 1. The Hall–Kier alpha value is -2.83. The number of nitrogens with one attached hydrogen (secondary N) is 1. The molecule has 0 radical (unpaired) electrons. The summed E-state index contributed by atoms with van der Waals surface area (Å²) in [6.07, 6.45) is 2.68.